The summed E-state index contributed by atoms with van der Waals surface area (Å²) in [5.41, 5.74) is 6.79. The van der Waals surface area contributed by atoms with Gasteiger partial charge in [0.15, 0.2) is 5.69 Å². The summed E-state index contributed by atoms with van der Waals surface area (Å²) in [7, 11) is 0. The molecule has 29 heavy (non-hydrogen) atoms. The number of unbranched alkanes of at least 4 members (excludes halogenated alkanes) is 1. The van der Waals surface area contributed by atoms with Crippen LogP contribution in [-0.4, -0.2) is 63.3 Å². The van der Waals surface area contributed by atoms with E-state index in [0.717, 1.165) is 10.6 Å². The van der Waals surface area contributed by atoms with Crippen molar-refractivity contribution in [3.05, 3.63) is 42.2 Å². The highest BCUT2D eigenvalue weighted by Crippen LogP contribution is 2.27. The summed E-state index contributed by atoms with van der Waals surface area (Å²) < 4.78 is 26.4. The topological polar surface area (TPSA) is 106 Å². The van der Waals surface area contributed by atoms with Crippen LogP contribution in [0.3, 0.4) is 0 Å². The Hall–Kier alpha value is -2.88. The number of likely N-dealkylation sites (tertiary alicyclic amines) is 1. The van der Waals surface area contributed by atoms with Gasteiger partial charge in [-0.3, -0.25) is 9.59 Å². The molecule has 1 aromatic heterocycles. The number of amides is 2. The van der Waals surface area contributed by atoms with E-state index in [1.165, 1.54) is 11.0 Å². The first kappa shape index (κ1) is 20.8. The summed E-state index contributed by atoms with van der Waals surface area (Å²) in [6, 6.07) is 8.43. The zero-order valence-electron chi connectivity index (χ0n) is 15.9. The minimum Gasteiger partial charge on any atom is -0.351 e. The van der Waals surface area contributed by atoms with Gasteiger partial charge in [0, 0.05) is 19.5 Å². The molecule has 0 unspecified atom stereocenters. The molecule has 2 amide bonds. The number of nitrogens with one attached hydrogen (secondary N) is 1. The lowest BCUT2D eigenvalue weighted by atomic mass is 10.1. The number of hydrogen-bond donors (Lipinski definition) is 2. The second-order valence-electron chi connectivity index (χ2n) is 7.08. The SMILES string of the molecule is N[C@@H](CCCCNC(=O)c1cnn(-c2ccccc2)n1)C(=O)N1CCC(F)(F)C1. The van der Waals surface area contributed by atoms with E-state index in [-0.39, 0.29) is 24.6 Å². The van der Waals surface area contributed by atoms with Crippen LogP contribution in [0, 0.1) is 0 Å². The zero-order chi connectivity index (χ0) is 20.9. The molecule has 0 saturated carbocycles. The fraction of sp³-hybridized carbons (Fsp3) is 0.474. The van der Waals surface area contributed by atoms with Gasteiger partial charge in [0.1, 0.15) is 0 Å². The molecule has 0 aliphatic carbocycles. The van der Waals surface area contributed by atoms with E-state index in [4.69, 9.17) is 5.73 Å². The lowest BCUT2D eigenvalue weighted by Gasteiger charge is -2.20. The maximum atomic E-state index is 13.2. The van der Waals surface area contributed by atoms with Crippen molar-refractivity contribution in [2.75, 3.05) is 19.6 Å². The number of carbonyl (C=O) groups excluding carboxylic acids is 2. The Morgan fingerprint density at radius 3 is 2.69 bits per heavy atom. The molecular weight excluding hydrogens is 382 g/mol. The summed E-state index contributed by atoms with van der Waals surface area (Å²) >= 11 is 0. The number of carbonyl (C=O) groups is 2. The van der Waals surface area contributed by atoms with Gasteiger partial charge in [-0.05, 0) is 31.4 Å². The highest BCUT2D eigenvalue weighted by atomic mass is 19.3. The van der Waals surface area contributed by atoms with Gasteiger partial charge in [-0.25, -0.2) is 8.78 Å². The summed E-state index contributed by atoms with van der Waals surface area (Å²) in [5, 5.41) is 11.0. The van der Waals surface area contributed by atoms with Crippen molar-refractivity contribution in [3.63, 3.8) is 0 Å². The molecule has 2 heterocycles. The van der Waals surface area contributed by atoms with Crippen molar-refractivity contribution >= 4 is 11.8 Å². The molecule has 1 aliphatic heterocycles. The van der Waals surface area contributed by atoms with Crippen LogP contribution in [0.25, 0.3) is 5.69 Å². The van der Waals surface area contributed by atoms with Crippen molar-refractivity contribution in [3.8, 4) is 5.69 Å². The number of aromatic nitrogens is 3. The van der Waals surface area contributed by atoms with Gasteiger partial charge in [0.25, 0.3) is 11.8 Å². The highest BCUT2D eigenvalue weighted by molar-refractivity contribution is 5.91. The van der Waals surface area contributed by atoms with E-state index in [1.54, 1.807) is 0 Å². The third-order valence-corrected chi connectivity index (χ3v) is 4.74. The molecule has 1 aliphatic rings. The van der Waals surface area contributed by atoms with Crippen LogP contribution in [-0.2, 0) is 4.79 Å². The third kappa shape index (κ3) is 5.57. The van der Waals surface area contributed by atoms with E-state index in [1.807, 2.05) is 30.3 Å². The molecule has 156 valence electrons. The fourth-order valence-corrected chi connectivity index (χ4v) is 3.12. The molecule has 0 spiro atoms. The van der Waals surface area contributed by atoms with Crippen LogP contribution in [0.5, 0.6) is 0 Å². The molecule has 0 radical (unpaired) electrons. The van der Waals surface area contributed by atoms with E-state index in [0.29, 0.717) is 25.8 Å². The van der Waals surface area contributed by atoms with E-state index in [2.05, 4.69) is 15.5 Å². The lowest BCUT2D eigenvalue weighted by Crippen LogP contribution is -2.43. The van der Waals surface area contributed by atoms with Crippen molar-refractivity contribution in [2.45, 2.75) is 37.6 Å². The molecule has 0 bridgehead atoms. The minimum absolute atomic E-state index is 0.0409. The van der Waals surface area contributed by atoms with Crippen LogP contribution >= 0.6 is 0 Å². The average Bonchev–Trinajstić information content (AvgIpc) is 3.34. The maximum Gasteiger partial charge on any atom is 0.273 e. The Kier molecular flexibility index (Phi) is 6.53. The second-order valence-corrected chi connectivity index (χ2v) is 7.08. The van der Waals surface area contributed by atoms with Crippen LogP contribution in [0.1, 0.15) is 36.2 Å². The van der Waals surface area contributed by atoms with Crippen molar-refractivity contribution in [1.29, 1.82) is 0 Å². The number of rotatable bonds is 8. The summed E-state index contributed by atoms with van der Waals surface area (Å²) in [6.07, 6.45) is 2.65. The van der Waals surface area contributed by atoms with Gasteiger partial charge in [0.05, 0.1) is 24.5 Å². The third-order valence-electron chi connectivity index (χ3n) is 4.74. The van der Waals surface area contributed by atoms with Crippen LogP contribution < -0.4 is 11.1 Å². The molecule has 1 aromatic carbocycles. The molecule has 3 rings (SSSR count). The largest absolute Gasteiger partial charge is 0.351 e. The molecule has 1 saturated heterocycles. The number of para-hydroxylation sites is 1. The van der Waals surface area contributed by atoms with E-state index < -0.39 is 24.4 Å². The monoisotopic (exact) mass is 406 g/mol. The summed E-state index contributed by atoms with van der Waals surface area (Å²) in [4.78, 5) is 26.7. The average molecular weight is 406 g/mol. The molecule has 1 atom stereocenters. The number of nitrogens with zero attached hydrogens (tertiary/aromatic N) is 4. The Balaban J connectivity index is 1.36. The molecule has 8 nitrogen and oxygen atoms in total. The minimum atomic E-state index is -2.82. The van der Waals surface area contributed by atoms with Crippen molar-refractivity contribution in [2.24, 2.45) is 5.73 Å². The van der Waals surface area contributed by atoms with Crippen LogP contribution in [0.4, 0.5) is 8.78 Å². The van der Waals surface area contributed by atoms with Gasteiger partial charge in [0.2, 0.25) is 5.91 Å². The first-order valence-corrected chi connectivity index (χ1v) is 9.54. The molecule has 2 aromatic rings. The predicted octanol–water partition coefficient (Wildman–Crippen LogP) is 1.36. The van der Waals surface area contributed by atoms with Gasteiger partial charge >= 0.3 is 0 Å². The normalized spacial score (nSPS) is 16.6. The van der Waals surface area contributed by atoms with Crippen LogP contribution in [0.15, 0.2) is 36.5 Å². The molecule has 3 N–H and O–H groups in total. The standard InChI is InChI=1S/C19H24F2N6O2/c20-19(21)9-11-26(13-19)18(29)15(22)8-4-5-10-23-17(28)16-12-24-27(25-16)14-6-2-1-3-7-14/h1-3,6-7,12,15H,4-5,8-11,13,22H2,(H,23,28)/t15-/m0/s1. The van der Waals surface area contributed by atoms with Gasteiger partial charge in [-0.1, -0.05) is 18.2 Å². The number of alkyl halides is 2. The summed E-state index contributed by atoms with van der Waals surface area (Å²) in [5.74, 6) is -3.60. The lowest BCUT2D eigenvalue weighted by molar-refractivity contribution is -0.133. The highest BCUT2D eigenvalue weighted by Gasteiger charge is 2.41. The van der Waals surface area contributed by atoms with Gasteiger partial charge in [-0.15, -0.1) is 5.10 Å². The van der Waals surface area contributed by atoms with Gasteiger partial charge in [-0.2, -0.15) is 9.90 Å². The number of halogens is 2. The predicted molar refractivity (Wildman–Crippen MR) is 102 cm³/mol. The first-order chi connectivity index (χ1) is 13.9. The summed E-state index contributed by atoms with van der Waals surface area (Å²) in [6.45, 7) is -0.127. The molecule has 1 fully saturated rings. The Morgan fingerprint density at radius 2 is 2.00 bits per heavy atom. The number of nitrogens with two attached hydrogens (primary N) is 1. The Bertz CT molecular complexity index is 842. The fourth-order valence-electron chi connectivity index (χ4n) is 3.12. The van der Waals surface area contributed by atoms with Crippen molar-refractivity contribution in [1.82, 2.24) is 25.2 Å². The maximum absolute atomic E-state index is 13.2. The van der Waals surface area contributed by atoms with Crippen molar-refractivity contribution < 1.29 is 18.4 Å². The number of hydrogen-bond acceptors (Lipinski definition) is 5. The quantitative estimate of drug-likeness (QED) is 0.644. The first-order valence-electron chi connectivity index (χ1n) is 9.54. The van der Waals surface area contributed by atoms with E-state index in [9.17, 15) is 18.4 Å². The Morgan fingerprint density at radius 1 is 1.24 bits per heavy atom. The Labute approximate surface area is 167 Å². The number of benzene rings is 1. The smallest absolute Gasteiger partial charge is 0.273 e. The molecular formula is C19H24F2N6O2. The second kappa shape index (κ2) is 9.08. The van der Waals surface area contributed by atoms with E-state index >= 15 is 0 Å². The van der Waals surface area contributed by atoms with Crippen LogP contribution in [0.2, 0.25) is 0 Å². The molecule has 10 heteroatoms. The zero-order valence-corrected chi connectivity index (χ0v) is 15.9. The van der Waals surface area contributed by atoms with Gasteiger partial charge < -0.3 is 16.0 Å².